The van der Waals surface area contributed by atoms with Crippen molar-refractivity contribution in [1.82, 2.24) is 49.6 Å². The standard InChI is InChI=1S/C30H39N7O3S.C18H27N5O3S.C12H16N2O/c1-30(2,3)29-34-33-28(40-29)21-5-9-22(10-6-21)35-41(38,39)24-13-14-25-26(19-24)32-27(31-25)20-7-11-23(12-8-20)37-17-15-36(4)16-18-37;1-18(2,3)17-22-21-16(26-17)11-4-6-12(7-5-11)23-27(24,25)13-8-9-14(19)15(20)10-13;1-13-6-8-14(9-7-13)12-4-2-11(10-15)3-5-12/h7-8,11-14,19,21-22,35H,5-6,9-10,15-18H2,1-4H3,(H,31,32);8-12,23H,4-7,19-20H2,1-3H3;2-5,10H,6-9H2,1H3. The number of aromatic amines is 1. The zero-order valence-corrected chi connectivity index (χ0v) is 50.8. The van der Waals surface area contributed by atoms with Crippen molar-refractivity contribution >= 4 is 60.1 Å². The summed E-state index contributed by atoms with van der Waals surface area (Å²) in [7, 11) is -3.02. The number of carbonyl (C=O) groups is 1. The van der Waals surface area contributed by atoms with Gasteiger partial charge in [-0.1, -0.05) is 41.5 Å². The van der Waals surface area contributed by atoms with Crippen LogP contribution in [-0.4, -0.2) is 142 Å². The molecule has 0 amide bonds. The van der Waals surface area contributed by atoms with Crippen LogP contribution >= 0.6 is 0 Å². The molecule has 7 aromatic rings. The molecule has 2 aliphatic carbocycles. The lowest BCUT2D eigenvalue weighted by molar-refractivity contribution is 0.112. The van der Waals surface area contributed by atoms with Gasteiger partial charge in [0, 0.05) is 110 Å². The number of sulfonamides is 2. The highest BCUT2D eigenvalue weighted by Gasteiger charge is 2.33. The molecule has 4 fully saturated rings. The first-order valence-electron chi connectivity index (χ1n) is 28.8. The largest absolute Gasteiger partial charge is 0.424 e. The van der Waals surface area contributed by atoms with Crippen molar-refractivity contribution in [3.05, 3.63) is 114 Å². The van der Waals surface area contributed by atoms with Crippen LogP contribution in [0.3, 0.4) is 0 Å². The molecule has 0 spiro atoms. The minimum absolute atomic E-state index is 0.128. The summed E-state index contributed by atoms with van der Waals surface area (Å²) in [5.74, 6) is 3.62. The van der Waals surface area contributed by atoms with Gasteiger partial charge in [0.15, 0.2) is 0 Å². The smallest absolute Gasteiger partial charge is 0.240 e. The highest BCUT2D eigenvalue weighted by atomic mass is 32.2. The second-order valence-electron chi connectivity index (χ2n) is 24.6. The van der Waals surface area contributed by atoms with Crippen LogP contribution in [0.25, 0.3) is 22.4 Å². The second kappa shape index (κ2) is 25.6. The lowest BCUT2D eigenvalue weighted by Crippen LogP contribution is -2.44. The van der Waals surface area contributed by atoms with Gasteiger partial charge in [-0.15, -0.1) is 20.4 Å². The summed E-state index contributed by atoms with van der Waals surface area (Å²) < 4.78 is 69.2. The Balaban J connectivity index is 0.000000168. The van der Waals surface area contributed by atoms with Crippen LogP contribution in [0, 0.1) is 0 Å². The number of piperazine rings is 2. The van der Waals surface area contributed by atoms with Gasteiger partial charge >= 0.3 is 0 Å². The Kier molecular flexibility index (Phi) is 18.8. The van der Waals surface area contributed by atoms with Crippen molar-refractivity contribution in [2.45, 2.75) is 137 Å². The minimum Gasteiger partial charge on any atom is -0.424 e. The van der Waals surface area contributed by atoms with E-state index in [1.54, 1.807) is 18.2 Å². The first-order valence-corrected chi connectivity index (χ1v) is 31.8. The quantitative estimate of drug-likeness (QED) is 0.0566. The number of imidazole rings is 1. The van der Waals surface area contributed by atoms with Crippen LogP contribution in [0.15, 0.2) is 104 Å². The number of hydrogen-bond donors (Lipinski definition) is 5. The lowest BCUT2D eigenvalue weighted by atomic mass is 9.86. The number of nitrogen functional groups attached to an aromatic ring is 2. The molecule has 2 saturated carbocycles. The van der Waals surface area contributed by atoms with Crippen LogP contribution in [-0.2, 0) is 30.9 Å². The Labute approximate surface area is 488 Å². The number of nitrogens with zero attached hydrogens (tertiary/aromatic N) is 9. The molecule has 0 unspecified atom stereocenters. The molecule has 7 N–H and O–H groups in total. The van der Waals surface area contributed by atoms with Crippen molar-refractivity contribution in [2.24, 2.45) is 0 Å². The average Bonchev–Trinajstić information content (AvgIpc) is 4.32. The summed E-state index contributed by atoms with van der Waals surface area (Å²) >= 11 is 0. The number of rotatable bonds is 12. The van der Waals surface area contributed by atoms with Gasteiger partial charge in [0.25, 0.3) is 0 Å². The summed E-state index contributed by atoms with van der Waals surface area (Å²) in [4.78, 5) is 28.3. The summed E-state index contributed by atoms with van der Waals surface area (Å²) in [5.41, 5.74) is 17.2. The number of aromatic nitrogens is 6. The number of anilines is 4. The van der Waals surface area contributed by atoms with Gasteiger partial charge in [0.1, 0.15) is 12.1 Å². The maximum atomic E-state index is 13.3. The molecule has 11 rings (SSSR count). The number of hydrogen-bond acceptors (Lipinski definition) is 18. The van der Waals surface area contributed by atoms with Gasteiger partial charge in [0.2, 0.25) is 43.6 Å². The van der Waals surface area contributed by atoms with Crippen molar-refractivity contribution in [1.29, 1.82) is 0 Å². The fraction of sp³-hybridized carbons (Fsp3) is 0.500. The number of nitrogens with one attached hydrogen (secondary N) is 3. The van der Waals surface area contributed by atoms with Gasteiger partial charge in [-0.2, -0.15) is 0 Å². The number of likely N-dealkylation sites (N-methyl/N-ethyl adjacent to an activating group) is 2. The molecule has 2 aliphatic heterocycles. The predicted molar refractivity (Wildman–Crippen MR) is 325 cm³/mol. The number of nitrogens with two attached hydrogens (primary N) is 2. The fourth-order valence-corrected chi connectivity index (χ4v) is 13.3. The van der Waals surface area contributed by atoms with Crippen molar-refractivity contribution in [3.63, 3.8) is 0 Å². The van der Waals surface area contributed by atoms with Crippen LogP contribution in [0.1, 0.15) is 139 Å². The maximum Gasteiger partial charge on any atom is 0.240 e. The van der Waals surface area contributed by atoms with Gasteiger partial charge in [-0.3, -0.25) is 4.79 Å². The van der Waals surface area contributed by atoms with Crippen molar-refractivity contribution in [3.8, 4) is 11.4 Å². The average molecular weight is 1180 g/mol. The molecule has 2 saturated heterocycles. The van der Waals surface area contributed by atoms with E-state index < -0.39 is 20.0 Å². The van der Waals surface area contributed by atoms with Crippen LogP contribution < -0.4 is 30.7 Å². The number of benzene rings is 4. The molecular weight excluding hydrogens is 1090 g/mol. The Hall–Kier alpha value is -6.76. The maximum absolute atomic E-state index is 13.3. The van der Waals surface area contributed by atoms with E-state index in [2.05, 4.69) is 92.8 Å². The molecule has 3 aromatic heterocycles. The number of carbonyl (C=O) groups excluding carboxylic acids is 1. The summed E-state index contributed by atoms with van der Waals surface area (Å²) in [5, 5.41) is 16.8. The van der Waals surface area contributed by atoms with E-state index in [-0.39, 0.29) is 50.2 Å². The normalized spacial score (nSPS) is 20.5. The molecule has 0 radical (unpaired) electrons. The first-order chi connectivity index (χ1) is 39.4. The van der Waals surface area contributed by atoms with E-state index in [9.17, 15) is 21.6 Å². The van der Waals surface area contributed by atoms with E-state index >= 15 is 0 Å². The SMILES string of the molecule is CC(C)(C)c1nnc(C2CCC(NS(=O)(=O)c3ccc(N)c(N)c3)CC2)o1.CN1CCN(c2ccc(-c3nc4ccc(S(=O)(=O)NC5CCC(c6nnc(C(C)(C)C)o6)CC5)cc4[nH]3)cc2)CC1.CN1CCN(c2ccc(C=O)cc2)CC1. The predicted octanol–water partition coefficient (Wildman–Crippen LogP) is 8.45. The third-order valence-corrected chi connectivity index (χ3v) is 19.0. The molecule has 0 atom stereocenters. The summed E-state index contributed by atoms with van der Waals surface area (Å²) in [6, 6.07) is 25.4. The zero-order valence-electron chi connectivity index (χ0n) is 49.1. The molecule has 0 bridgehead atoms. The summed E-state index contributed by atoms with van der Waals surface area (Å²) in [6.07, 6.45) is 6.93. The zero-order chi connectivity index (χ0) is 59.3. The number of aldehydes is 1. The fourth-order valence-electron chi connectivity index (χ4n) is 10.6. The molecule has 5 heterocycles. The van der Waals surface area contributed by atoms with E-state index in [1.807, 2.05) is 65.8 Å². The topological polar surface area (TPSA) is 281 Å². The molecule has 4 aliphatic rings. The molecule has 23 heteroatoms. The first kappa shape index (κ1) is 60.8. The lowest BCUT2D eigenvalue weighted by Gasteiger charge is -2.34. The number of H-pyrrole nitrogens is 1. The van der Waals surface area contributed by atoms with Gasteiger partial charge < -0.3 is 44.9 Å². The number of fused-ring (bicyclic) bond motifs is 1. The highest BCUT2D eigenvalue weighted by Crippen LogP contribution is 2.37. The van der Waals surface area contributed by atoms with Crippen LogP contribution in [0.2, 0.25) is 0 Å². The van der Waals surface area contributed by atoms with Crippen LogP contribution in [0.4, 0.5) is 22.7 Å². The third-order valence-electron chi connectivity index (χ3n) is 16.0. The molecule has 21 nitrogen and oxygen atoms in total. The second-order valence-corrected chi connectivity index (χ2v) is 28.1. The Morgan fingerprint density at radius 2 is 0.988 bits per heavy atom. The van der Waals surface area contributed by atoms with Crippen LogP contribution in [0.5, 0.6) is 0 Å². The van der Waals surface area contributed by atoms with Gasteiger partial charge in [-0.25, -0.2) is 31.3 Å². The Bertz CT molecular complexity index is 3510. The minimum atomic E-state index is -3.68. The van der Waals surface area contributed by atoms with E-state index in [4.69, 9.17) is 25.3 Å². The molecule has 83 heavy (non-hydrogen) atoms. The van der Waals surface area contributed by atoms with Gasteiger partial charge in [0.05, 0.1) is 32.2 Å². The Morgan fingerprint density at radius 1 is 0.554 bits per heavy atom. The molecule has 4 aromatic carbocycles. The van der Waals surface area contributed by atoms with E-state index in [1.165, 1.54) is 29.6 Å². The van der Waals surface area contributed by atoms with Crippen molar-refractivity contribution in [2.75, 3.05) is 87.7 Å². The molecular formula is C60H82N14O7S2. The van der Waals surface area contributed by atoms with Crippen molar-refractivity contribution < 1.29 is 30.5 Å². The Morgan fingerprint density at radius 3 is 1.41 bits per heavy atom. The summed E-state index contributed by atoms with van der Waals surface area (Å²) in [6.45, 7) is 20.7. The van der Waals surface area contributed by atoms with E-state index in [0.717, 1.165) is 120 Å². The highest BCUT2D eigenvalue weighted by molar-refractivity contribution is 7.89. The monoisotopic (exact) mass is 1170 g/mol. The third kappa shape index (κ3) is 15.5. The van der Waals surface area contributed by atoms with Gasteiger partial charge in [-0.05, 0) is 150 Å². The molecule has 446 valence electrons. The van der Waals surface area contributed by atoms with E-state index in [0.29, 0.717) is 47.6 Å².